The number of fused-ring (bicyclic) bond motifs is 2. The first-order chi connectivity index (χ1) is 21.2. The topological polar surface area (TPSA) is 163 Å². The maximum Gasteiger partial charge on any atom is 0.340 e. The molecule has 1 aliphatic carbocycles. The first kappa shape index (κ1) is 32.8. The number of sulfone groups is 2. The van der Waals surface area contributed by atoms with Crippen molar-refractivity contribution in [2.75, 3.05) is 44.0 Å². The van der Waals surface area contributed by atoms with Crippen molar-refractivity contribution in [3.8, 4) is 17.2 Å². The number of halogens is 1. The van der Waals surface area contributed by atoms with E-state index in [1.807, 2.05) is 11.0 Å². The molecule has 0 spiro atoms. The van der Waals surface area contributed by atoms with Crippen LogP contribution in [0.25, 0.3) is 6.08 Å². The predicted molar refractivity (Wildman–Crippen MR) is 167 cm³/mol. The number of hydrogen-bond donors (Lipinski definition) is 1. The molecule has 0 amide bonds. The van der Waals surface area contributed by atoms with Crippen molar-refractivity contribution in [3.63, 3.8) is 0 Å². The molecule has 2 aliphatic heterocycles. The molecule has 3 aliphatic rings. The van der Waals surface area contributed by atoms with Gasteiger partial charge < -0.3 is 29.0 Å². The van der Waals surface area contributed by atoms with Crippen LogP contribution in [0.4, 0.5) is 0 Å². The van der Waals surface area contributed by atoms with Crippen LogP contribution in [0.1, 0.15) is 35.6 Å². The molecule has 15 heteroatoms. The van der Waals surface area contributed by atoms with Crippen molar-refractivity contribution in [3.05, 3.63) is 68.8 Å². The van der Waals surface area contributed by atoms with Crippen LogP contribution < -0.4 is 9.47 Å². The van der Waals surface area contributed by atoms with E-state index < -0.39 is 56.3 Å². The highest BCUT2D eigenvalue weighted by molar-refractivity contribution is 9.10. The molecule has 5 rings (SSSR count). The Balaban J connectivity index is 1.63. The van der Waals surface area contributed by atoms with E-state index in [0.717, 1.165) is 30.9 Å². The second-order valence-electron chi connectivity index (χ2n) is 11.2. The lowest BCUT2D eigenvalue weighted by molar-refractivity contribution is -0.142. The van der Waals surface area contributed by atoms with Gasteiger partial charge >= 0.3 is 11.9 Å². The summed E-state index contributed by atoms with van der Waals surface area (Å²) < 4.78 is 69.3. The summed E-state index contributed by atoms with van der Waals surface area (Å²) in [4.78, 5) is 29.0. The molecule has 0 radical (unpaired) electrons. The van der Waals surface area contributed by atoms with Crippen molar-refractivity contribution in [2.24, 2.45) is 5.92 Å². The average molecular weight is 727 g/mol. The average Bonchev–Trinajstić information content (AvgIpc) is 3.66. The van der Waals surface area contributed by atoms with Crippen LogP contribution in [-0.4, -0.2) is 82.8 Å². The van der Waals surface area contributed by atoms with E-state index in [2.05, 4.69) is 15.9 Å². The van der Waals surface area contributed by atoms with Gasteiger partial charge in [0.25, 0.3) is 0 Å². The fraction of sp³-hybridized carbons (Fsp3) is 0.400. The van der Waals surface area contributed by atoms with Crippen molar-refractivity contribution in [1.82, 2.24) is 4.90 Å². The number of ether oxygens (including phenoxy) is 4. The number of phenols is 1. The van der Waals surface area contributed by atoms with Gasteiger partial charge in [-0.05, 0) is 65.8 Å². The number of carbonyl (C=O) groups excluding carboxylic acids is 2. The smallest absolute Gasteiger partial charge is 0.340 e. The van der Waals surface area contributed by atoms with Gasteiger partial charge in [-0.3, -0.25) is 0 Å². The predicted octanol–water partition coefficient (Wildman–Crippen LogP) is 3.29. The zero-order valence-corrected chi connectivity index (χ0v) is 27.7. The minimum atomic E-state index is -3.46. The number of rotatable bonds is 11. The SMILES string of the molecule is CS(=O)(=O)CCOC(=O)C1=Cc2ccc(O)cc2C(C2CC2)N(Cc2cc3c(cc2Br)OCO3)C=C1C(=O)OCCS(C)(=O)=O. The second kappa shape index (κ2) is 13.0. The highest BCUT2D eigenvalue weighted by Gasteiger charge is 2.39. The third-order valence-corrected chi connectivity index (χ3v) is 9.96. The first-order valence-electron chi connectivity index (χ1n) is 14.0. The molecule has 2 heterocycles. The monoisotopic (exact) mass is 725 g/mol. The molecule has 0 saturated heterocycles. The lowest BCUT2D eigenvalue weighted by atomic mass is 9.90. The largest absolute Gasteiger partial charge is 0.508 e. The first-order valence-corrected chi connectivity index (χ1v) is 18.9. The Hall–Kier alpha value is -3.56. The highest BCUT2D eigenvalue weighted by atomic mass is 79.9. The summed E-state index contributed by atoms with van der Waals surface area (Å²) in [5.74, 6) is -1.52. The zero-order valence-electron chi connectivity index (χ0n) is 24.5. The summed E-state index contributed by atoms with van der Waals surface area (Å²) in [5, 5.41) is 10.5. The molecule has 0 aromatic heterocycles. The molecule has 2 aromatic carbocycles. The summed E-state index contributed by atoms with van der Waals surface area (Å²) >= 11 is 3.60. The van der Waals surface area contributed by atoms with E-state index >= 15 is 0 Å². The fourth-order valence-electron chi connectivity index (χ4n) is 5.09. The second-order valence-corrected chi connectivity index (χ2v) is 16.6. The lowest BCUT2D eigenvalue weighted by Gasteiger charge is -2.35. The molecular weight excluding hydrogens is 694 g/mol. The van der Waals surface area contributed by atoms with Gasteiger partial charge in [0, 0.05) is 29.7 Å². The Kier molecular flexibility index (Phi) is 9.52. The maximum absolute atomic E-state index is 13.6. The molecule has 1 N–H and O–H groups in total. The number of hydrogen-bond acceptors (Lipinski definition) is 12. The molecule has 1 unspecified atom stereocenters. The van der Waals surface area contributed by atoms with E-state index in [4.69, 9.17) is 18.9 Å². The Morgan fingerprint density at radius 2 is 1.53 bits per heavy atom. The van der Waals surface area contributed by atoms with Gasteiger partial charge in [-0.25, -0.2) is 26.4 Å². The molecule has 242 valence electrons. The van der Waals surface area contributed by atoms with E-state index in [9.17, 15) is 31.5 Å². The number of nitrogens with zero attached hydrogens (tertiary/aromatic N) is 1. The Morgan fingerprint density at radius 3 is 2.13 bits per heavy atom. The molecule has 1 atom stereocenters. The third kappa shape index (κ3) is 8.38. The van der Waals surface area contributed by atoms with Gasteiger partial charge in [-0.15, -0.1) is 0 Å². The van der Waals surface area contributed by atoms with Crippen molar-refractivity contribution in [2.45, 2.75) is 25.4 Å². The summed E-state index contributed by atoms with van der Waals surface area (Å²) in [6.45, 7) is -0.614. The van der Waals surface area contributed by atoms with Crippen molar-refractivity contribution in [1.29, 1.82) is 0 Å². The summed E-state index contributed by atoms with van der Waals surface area (Å²) in [6, 6.07) is 7.94. The van der Waals surface area contributed by atoms with Crippen LogP contribution in [0.2, 0.25) is 0 Å². The normalized spacial score (nSPS) is 17.8. The lowest BCUT2D eigenvalue weighted by Crippen LogP contribution is -2.30. The van der Waals surface area contributed by atoms with Gasteiger partial charge in [0.15, 0.2) is 31.2 Å². The van der Waals surface area contributed by atoms with E-state index in [0.29, 0.717) is 27.1 Å². The summed E-state index contributed by atoms with van der Waals surface area (Å²) in [7, 11) is -6.91. The van der Waals surface area contributed by atoms with Gasteiger partial charge in [0.2, 0.25) is 6.79 Å². The van der Waals surface area contributed by atoms with Crippen molar-refractivity contribution < 1.29 is 50.5 Å². The number of carbonyl (C=O) groups is 2. The van der Waals surface area contributed by atoms with Gasteiger partial charge in [-0.1, -0.05) is 22.0 Å². The van der Waals surface area contributed by atoms with Gasteiger partial charge in [-0.2, -0.15) is 0 Å². The van der Waals surface area contributed by atoms with E-state index in [-0.39, 0.29) is 42.2 Å². The Labute approximate surface area is 269 Å². The zero-order chi connectivity index (χ0) is 32.5. The molecule has 12 nitrogen and oxygen atoms in total. The van der Waals surface area contributed by atoms with E-state index in [1.165, 1.54) is 18.3 Å². The quantitative estimate of drug-likeness (QED) is 0.337. The van der Waals surface area contributed by atoms with Gasteiger partial charge in [0.05, 0.1) is 28.7 Å². The number of aromatic hydroxyl groups is 1. The third-order valence-electron chi connectivity index (χ3n) is 7.41. The maximum atomic E-state index is 13.6. The summed E-state index contributed by atoms with van der Waals surface area (Å²) in [6.07, 6.45) is 6.71. The van der Waals surface area contributed by atoms with Crippen LogP contribution in [-0.2, 0) is 45.3 Å². The number of esters is 2. The molecule has 1 fully saturated rings. The number of benzene rings is 2. The van der Waals surface area contributed by atoms with Gasteiger partial charge in [0.1, 0.15) is 19.0 Å². The molecule has 2 aromatic rings. The summed E-state index contributed by atoms with van der Waals surface area (Å²) in [5.41, 5.74) is 1.59. The Bertz CT molecular complexity index is 1800. The minimum Gasteiger partial charge on any atom is -0.508 e. The molecule has 45 heavy (non-hydrogen) atoms. The van der Waals surface area contributed by atoms with Crippen LogP contribution in [0.15, 0.2) is 52.2 Å². The molecule has 0 bridgehead atoms. The van der Waals surface area contributed by atoms with Crippen LogP contribution in [0.3, 0.4) is 0 Å². The fourth-order valence-corrected chi connectivity index (χ4v) is 6.31. The van der Waals surface area contributed by atoms with Crippen molar-refractivity contribution >= 4 is 53.6 Å². The van der Waals surface area contributed by atoms with Crippen LogP contribution >= 0.6 is 15.9 Å². The van der Waals surface area contributed by atoms with E-state index in [1.54, 1.807) is 18.2 Å². The highest BCUT2D eigenvalue weighted by Crippen LogP contribution is 2.49. The Morgan fingerprint density at radius 1 is 0.933 bits per heavy atom. The minimum absolute atomic E-state index is 0.0132. The molecular formula is C30H32BrNO11S2. The van der Waals surface area contributed by atoms with Crippen LogP contribution in [0.5, 0.6) is 17.2 Å². The van der Waals surface area contributed by atoms with Crippen LogP contribution in [0, 0.1) is 5.92 Å². The number of phenolic OH excluding ortho intramolecular Hbond substituents is 1. The molecule has 1 saturated carbocycles. The standard InChI is InChI=1S/C30H32BrNO11S2/c1-44(36,37)9-7-40-29(34)23-11-19-5-6-21(33)13-22(19)28(18-3-4-18)32(16-24(23)30(35)41-8-10-45(2,38)39)15-20-12-26-27(14-25(20)31)43-17-42-26/h5-6,11-14,16,18,28,33H,3-4,7-10,15,17H2,1-2H3.